The van der Waals surface area contributed by atoms with Crippen molar-refractivity contribution in [3.63, 3.8) is 0 Å². The number of hydrogen-bond donors (Lipinski definition) is 1. The molecule has 0 spiro atoms. The molecule has 2 aliphatic rings. The molecule has 168 valence electrons. The second-order valence-corrected chi connectivity index (χ2v) is 10.3. The third-order valence-electron chi connectivity index (χ3n) is 8.13. The number of nitrogens with zero attached hydrogens (tertiary/aromatic N) is 1. The second-order valence-electron chi connectivity index (χ2n) is 9.91. The standard InChI is InChI=1S/C26H29ClN2O3/c1-16-6-7-17(2)20(14-16)28-23(31)26-13-12-25(5,24(26,3)4)21(15-26)29-32-22(30)18-8-10-19(27)11-9-18/h6-11,14H,12-13,15H2,1-5H3,(H,28,31). The summed E-state index contributed by atoms with van der Waals surface area (Å²) < 4.78 is 0. The van der Waals surface area contributed by atoms with Crippen LogP contribution in [0.5, 0.6) is 0 Å². The van der Waals surface area contributed by atoms with E-state index in [0.29, 0.717) is 17.0 Å². The van der Waals surface area contributed by atoms with E-state index in [9.17, 15) is 9.59 Å². The van der Waals surface area contributed by atoms with E-state index < -0.39 is 11.4 Å². The summed E-state index contributed by atoms with van der Waals surface area (Å²) >= 11 is 5.89. The number of oxime groups is 1. The Morgan fingerprint density at radius 2 is 1.72 bits per heavy atom. The van der Waals surface area contributed by atoms with Gasteiger partial charge in [0.25, 0.3) is 0 Å². The molecule has 0 radical (unpaired) electrons. The molecule has 2 bridgehead atoms. The van der Waals surface area contributed by atoms with Crippen LogP contribution in [-0.4, -0.2) is 17.6 Å². The van der Waals surface area contributed by atoms with E-state index in [1.807, 2.05) is 32.0 Å². The van der Waals surface area contributed by atoms with Crippen molar-refractivity contribution in [1.29, 1.82) is 0 Å². The first-order valence-electron chi connectivity index (χ1n) is 10.9. The third-order valence-corrected chi connectivity index (χ3v) is 8.38. The highest BCUT2D eigenvalue weighted by Gasteiger charge is 2.71. The number of fused-ring (bicyclic) bond motifs is 2. The van der Waals surface area contributed by atoms with Crippen LogP contribution in [0.1, 0.15) is 61.5 Å². The van der Waals surface area contributed by atoms with E-state index in [1.165, 1.54) is 0 Å². The molecule has 1 amide bonds. The SMILES string of the molecule is Cc1ccc(C)c(NC(=O)C23CCC(C)(C(=NOC(=O)c4ccc(Cl)cc4)C2)C3(C)C)c1. The fourth-order valence-corrected chi connectivity index (χ4v) is 5.50. The van der Waals surface area contributed by atoms with Gasteiger partial charge in [-0.1, -0.05) is 49.7 Å². The van der Waals surface area contributed by atoms with Crippen LogP contribution in [0.3, 0.4) is 0 Å². The summed E-state index contributed by atoms with van der Waals surface area (Å²) in [6.45, 7) is 10.4. The van der Waals surface area contributed by atoms with Gasteiger partial charge >= 0.3 is 5.97 Å². The van der Waals surface area contributed by atoms with E-state index in [0.717, 1.165) is 35.4 Å². The zero-order chi connectivity index (χ0) is 23.3. The van der Waals surface area contributed by atoms with Crippen LogP contribution in [-0.2, 0) is 9.63 Å². The topological polar surface area (TPSA) is 67.8 Å². The van der Waals surface area contributed by atoms with Crippen LogP contribution in [0.15, 0.2) is 47.6 Å². The van der Waals surface area contributed by atoms with Gasteiger partial charge in [-0.3, -0.25) is 4.79 Å². The van der Waals surface area contributed by atoms with E-state index in [1.54, 1.807) is 24.3 Å². The van der Waals surface area contributed by atoms with Crippen LogP contribution in [0, 0.1) is 30.1 Å². The number of halogens is 1. The Hall–Kier alpha value is -2.66. The molecule has 32 heavy (non-hydrogen) atoms. The molecule has 0 aliphatic heterocycles. The molecule has 0 aromatic heterocycles. The van der Waals surface area contributed by atoms with Crippen molar-refractivity contribution < 1.29 is 14.4 Å². The smallest absolute Gasteiger partial charge is 0.325 e. The summed E-state index contributed by atoms with van der Waals surface area (Å²) in [6.07, 6.45) is 2.07. The molecule has 4 rings (SSSR count). The predicted octanol–water partition coefficient (Wildman–Crippen LogP) is 6.32. The van der Waals surface area contributed by atoms with Gasteiger partial charge in [-0.2, -0.15) is 0 Å². The summed E-state index contributed by atoms with van der Waals surface area (Å²) in [6, 6.07) is 12.6. The number of carbonyl (C=O) groups excluding carboxylic acids is 2. The molecule has 6 heteroatoms. The first kappa shape index (κ1) is 22.5. The van der Waals surface area contributed by atoms with Gasteiger partial charge in [-0.25, -0.2) is 4.79 Å². The Kier molecular flexibility index (Phi) is 5.44. The molecule has 1 N–H and O–H groups in total. The molecule has 2 aromatic carbocycles. The maximum Gasteiger partial charge on any atom is 0.365 e. The Morgan fingerprint density at radius 1 is 1.03 bits per heavy atom. The molecule has 2 saturated carbocycles. The first-order valence-corrected chi connectivity index (χ1v) is 11.3. The third kappa shape index (κ3) is 3.34. The summed E-state index contributed by atoms with van der Waals surface area (Å²) in [5, 5.41) is 8.03. The summed E-state index contributed by atoms with van der Waals surface area (Å²) in [5.74, 6) is -0.526. The van der Waals surface area contributed by atoms with Crippen LogP contribution in [0.25, 0.3) is 0 Å². The average Bonchev–Trinajstić information content (AvgIpc) is 3.05. The number of benzene rings is 2. The minimum atomic E-state index is -0.608. The molecule has 2 atom stereocenters. The van der Waals surface area contributed by atoms with Crippen molar-refractivity contribution in [2.75, 3.05) is 5.32 Å². The number of amides is 1. The van der Waals surface area contributed by atoms with Gasteiger partial charge < -0.3 is 10.2 Å². The Labute approximate surface area is 194 Å². The number of rotatable bonds is 4. The van der Waals surface area contributed by atoms with E-state index in [-0.39, 0.29) is 16.7 Å². The zero-order valence-electron chi connectivity index (χ0n) is 19.2. The van der Waals surface area contributed by atoms with Crippen molar-refractivity contribution in [3.05, 3.63) is 64.2 Å². The number of hydrogen-bond acceptors (Lipinski definition) is 4. The van der Waals surface area contributed by atoms with Crippen molar-refractivity contribution in [1.82, 2.24) is 0 Å². The van der Waals surface area contributed by atoms with Crippen molar-refractivity contribution in [2.45, 2.75) is 53.9 Å². The summed E-state index contributed by atoms with van der Waals surface area (Å²) in [7, 11) is 0. The molecule has 5 nitrogen and oxygen atoms in total. The first-order chi connectivity index (χ1) is 15.0. The maximum absolute atomic E-state index is 13.7. The van der Waals surface area contributed by atoms with Gasteiger partial charge in [0.2, 0.25) is 5.91 Å². The minimum Gasteiger partial charge on any atom is -0.325 e. The quantitative estimate of drug-likeness (QED) is 0.435. The molecule has 2 aromatic rings. The minimum absolute atomic E-state index is 0.00847. The van der Waals surface area contributed by atoms with Crippen LogP contribution >= 0.6 is 11.6 Å². The zero-order valence-corrected chi connectivity index (χ0v) is 20.0. The Balaban J connectivity index is 1.60. The number of anilines is 1. The highest BCUT2D eigenvalue weighted by atomic mass is 35.5. The van der Waals surface area contributed by atoms with Crippen LogP contribution < -0.4 is 5.32 Å². The normalized spacial score (nSPS) is 26.9. The molecule has 0 saturated heterocycles. The van der Waals surface area contributed by atoms with Crippen molar-refractivity contribution in [2.24, 2.45) is 21.4 Å². The largest absolute Gasteiger partial charge is 0.365 e. The van der Waals surface area contributed by atoms with Gasteiger partial charge in [0.1, 0.15) is 0 Å². The molecule has 2 fully saturated rings. The molecular formula is C26H29ClN2O3. The predicted molar refractivity (Wildman–Crippen MR) is 127 cm³/mol. The van der Waals surface area contributed by atoms with Gasteiger partial charge in [0.05, 0.1) is 16.7 Å². The van der Waals surface area contributed by atoms with Gasteiger partial charge in [0.15, 0.2) is 0 Å². The van der Waals surface area contributed by atoms with Crippen LogP contribution in [0.4, 0.5) is 5.69 Å². The highest BCUT2D eigenvalue weighted by molar-refractivity contribution is 6.30. The Morgan fingerprint density at radius 3 is 2.41 bits per heavy atom. The monoisotopic (exact) mass is 452 g/mol. The lowest BCUT2D eigenvalue weighted by molar-refractivity contribution is -0.130. The lowest BCUT2D eigenvalue weighted by atomic mass is 9.64. The Bertz CT molecular complexity index is 1120. The lowest BCUT2D eigenvalue weighted by Crippen LogP contribution is -2.43. The molecular weight excluding hydrogens is 424 g/mol. The molecule has 0 heterocycles. The molecule has 2 aliphatic carbocycles. The van der Waals surface area contributed by atoms with Crippen molar-refractivity contribution >= 4 is 34.9 Å². The van der Waals surface area contributed by atoms with Gasteiger partial charge in [0, 0.05) is 22.5 Å². The highest BCUT2D eigenvalue weighted by Crippen LogP contribution is 2.71. The van der Waals surface area contributed by atoms with Crippen molar-refractivity contribution in [3.8, 4) is 0 Å². The number of nitrogens with one attached hydrogen (secondary N) is 1. The fraction of sp³-hybridized carbons (Fsp3) is 0.423. The number of carbonyl (C=O) groups is 2. The summed E-state index contributed by atoms with van der Waals surface area (Å²) in [5.41, 5.74) is 2.85. The second kappa shape index (κ2) is 7.73. The molecule has 2 unspecified atom stereocenters. The summed E-state index contributed by atoms with van der Waals surface area (Å²) in [4.78, 5) is 31.4. The number of aryl methyl sites for hydroxylation is 2. The fourth-order valence-electron chi connectivity index (χ4n) is 5.37. The lowest BCUT2D eigenvalue weighted by Gasteiger charge is -2.39. The van der Waals surface area contributed by atoms with E-state index in [4.69, 9.17) is 16.4 Å². The van der Waals surface area contributed by atoms with E-state index in [2.05, 4.69) is 31.2 Å². The van der Waals surface area contributed by atoms with Gasteiger partial charge in [-0.15, -0.1) is 0 Å². The van der Waals surface area contributed by atoms with Crippen LogP contribution in [0.2, 0.25) is 5.02 Å². The van der Waals surface area contributed by atoms with E-state index >= 15 is 0 Å². The van der Waals surface area contributed by atoms with Gasteiger partial charge in [-0.05, 0) is 73.6 Å². The average molecular weight is 453 g/mol. The maximum atomic E-state index is 13.7.